The maximum Gasteiger partial charge on any atom is 0.418 e. The number of fused-ring (bicyclic) bond motifs is 4. The van der Waals surface area contributed by atoms with Gasteiger partial charge in [-0.25, -0.2) is 4.79 Å². The van der Waals surface area contributed by atoms with Gasteiger partial charge in [0.15, 0.2) is 6.61 Å². The fourth-order valence-electron chi connectivity index (χ4n) is 3.17. The molecule has 4 heterocycles. The van der Waals surface area contributed by atoms with Crippen molar-refractivity contribution in [3.63, 3.8) is 0 Å². The molecule has 0 spiro atoms. The second-order valence-corrected chi connectivity index (χ2v) is 7.90. The Kier molecular flexibility index (Phi) is 7.06. The van der Waals surface area contributed by atoms with Gasteiger partial charge >= 0.3 is 16.4 Å². The normalized spacial score (nSPS) is 20.2. The number of nitrogens with one attached hydrogen (secondary N) is 3. The number of hydrogen-bond donors (Lipinski definition) is 4. The molecule has 4 rings (SSSR count). The van der Waals surface area contributed by atoms with E-state index in [0.29, 0.717) is 18.2 Å². The zero-order chi connectivity index (χ0) is 22.6. The van der Waals surface area contributed by atoms with Crippen molar-refractivity contribution in [2.24, 2.45) is 12.0 Å². The summed E-state index contributed by atoms with van der Waals surface area (Å²) in [5.74, 6) is -0.122. The average molecular weight is 460 g/mol. The number of carbonyl (C=O) groups excluding carboxylic acids is 2. The summed E-state index contributed by atoms with van der Waals surface area (Å²) in [5, 5.41) is 10.6. The van der Waals surface area contributed by atoms with Crippen LogP contribution in [0.3, 0.4) is 0 Å². The quantitative estimate of drug-likeness (QED) is 0.114. The number of aryl methyl sites for hydroxylation is 1. The van der Waals surface area contributed by atoms with Gasteiger partial charge in [-0.2, -0.15) is 18.6 Å². The molecule has 3 amide bonds. The Hall–Kier alpha value is -2.79. The molecule has 15 nitrogen and oxygen atoms in total. The minimum Gasteiger partial charge on any atom is -0.349 e. The predicted octanol–water partition coefficient (Wildman–Crippen LogP) is -2.30. The van der Waals surface area contributed by atoms with Crippen molar-refractivity contribution in [3.05, 3.63) is 17.5 Å². The molecular formula is C15H24N8O7S. The zero-order valence-corrected chi connectivity index (χ0v) is 17.7. The maximum absolute atomic E-state index is 11.9. The summed E-state index contributed by atoms with van der Waals surface area (Å²) >= 11 is 0. The number of aliphatic imine (C=N–C) groups is 1. The SMILES string of the molecule is CN=CNOCC(=O)NC1CNC1.Cn1ncc2c1CN1CC2N(OS(=O)(=O)O)C1=O. The number of carbonyl (C=O) groups is 2. The van der Waals surface area contributed by atoms with E-state index < -0.39 is 22.5 Å². The Morgan fingerprint density at radius 3 is 2.84 bits per heavy atom. The molecule has 0 aromatic carbocycles. The molecule has 1 atom stereocenters. The standard InChI is InChI=1S/C8H10N4O5S.C7H14N4O2/c1-10-6-3-11-4-7(5(6)2-9-10)12(8(11)13)17-18(14,15)16;1-8-5-10-13-4-7(12)11-6-2-9-3-6/h2,7H,3-4H2,1H3,(H,14,15,16);5-6,9H,2-4H2,1H3,(H,8,10)(H,11,12). The van der Waals surface area contributed by atoms with Gasteiger partial charge in [0.05, 0.1) is 31.0 Å². The van der Waals surface area contributed by atoms with Crippen molar-refractivity contribution in [2.45, 2.75) is 18.6 Å². The molecule has 1 unspecified atom stereocenters. The fraction of sp³-hybridized carbons (Fsp3) is 0.600. The number of rotatable bonds is 7. The Morgan fingerprint density at radius 1 is 1.48 bits per heavy atom. The summed E-state index contributed by atoms with van der Waals surface area (Å²) in [5.41, 5.74) is 3.95. The highest BCUT2D eigenvalue weighted by molar-refractivity contribution is 7.80. The smallest absolute Gasteiger partial charge is 0.349 e. The molecule has 0 radical (unpaired) electrons. The topological polar surface area (TPSA) is 180 Å². The second kappa shape index (κ2) is 9.56. The molecule has 31 heavy (non-hydrogen) atoms. The predicted molar refractivity (Wildman–Crippen MR) is 105 cm³/mol. The molecule has 0 saturated carbocycles. The third-order valence-electron chi connectivity index (χ3n) is 4.72. The lowest BCUT2D eigenvalue weighted by atomic mass is 10.1. The molecule has 172 valence electrons. The van der Waals surface area contributed by atoms with Crippen LogP contribution >= 0.6 is 0 Å². The van der Waals surface area contributed by atoms with E-state index in [-0.39, 0.29) is 18.6 Å². The first-order valence-corrected chi connectivity index (χ1v) is 10.6. The van der Waals surface area contributed by atoms with E-state index in [9.17, 15) is 18.0 Å². The average Bonchev–Trinajstić information content (AvgIpc) is 3.16. The highest BCUT2D eigenvalue weighted by Gasteiger charge is 2.47. The number of nitrogens with zero attached hydrogens (tertiary/aromatic N) is 5. The van der Waals surface area contributed by atoms with Crippen molar-refractivity contribution < 1.29 is 31.7 Å². The summed E-state index contributed by atoms with van der Waals surface area (Å²) in [7, 11) is -1.38. The van der Waals surface area contributed by atoms with Gasteiger partial charge in [0.1, 0.15) is 12.4 Å². The van der Waals surface area contributed by atoms with E-state index in [4.69, 9.17) is 9.39 Å². The Labute approximate surface area is 178 Å². The highest BCUT2D eigenvalue weighted by Crippen LogP contribution is 2.37. The fourth-order valence-corrected chi connectivity index (χ4v) is 3.54. The lowest BCUT2D eigenvalue weighted by Crippen LogP contribution is -2.57. The lowest BCUT2D eigenvalue weighted by molar-refractivity contribution is -0.128. The molecule has 1 aromatic heterocycles. The van der Waals surface area contributed by atoms with E-state index in [0.717, 1.165) is 24.3 Å². The first-order valence-electron chi connectivity index (χ1n) is 9.23. The van der Waals surface area contributed by atoms with Crippen LogP contribution in [0.25, 0.3) is 0 Å². The van der Waals surface area contributed by atoms with E-state index in [1.807, 2.05) is 0 Å². The molecule has 16 heteroatoms. The maximum atomic E-state index is 11.9. The molecule has 4 N–H and O–H groups in total. The third kappa shape index (κ3) is 5.67. The number of hydrogen-bond acceptors (Lipinski definition) is 9. The van der Waals surface area contributed by atoms with Crippen LogP contribution < -0.4 is 16.1 Å². The van der Waals surface area contributed by atoms with Crippen LogP contribution in [0.1, 0.15) is 17.3 Å². The van der Waals surface area contributed by atoms with Crippen LogP contribution in [-0.4, -0.2) is 90.3 Å². The van der Waals surface area contributed by atoms with Crippen LogP contribution in [-0.2, 0) is 37.9 Å². The molecular weight excluding hydrogens is 436 g/mol. The summed E-state index contributed by atoms with van der Waals surface area (Å²) in [4.78, 5) is 32.7. The van der Waals surface area contributed by atoms with Crippen LogP contribution in [0.2, 0.25) is 0 Å². The second-order valence-electron chi connectivity index (χ2n) is 6.89. The largest absolute Gasteiger partial charge is 0.418 e. The van der Waals surface area contributed by atoms with Crippen molar-refractivity contribution >= 4 is 28.7 Å². The van der Waals surface area contributed by atoms with E-state index in [1.54, 1.807) is 25.0 Å². The van der Waals surface area contributed by atoms with Gasteiger partial charge in [-0.1, -0.05) is 0 Å². The first-order chi connectivity index (χ1) is 14.7. The Morgan fingerprint density at radius 2 is 2.23 bits per heavy atom. The van der Waals surface area contributed by atoms with E-state index in [1.165, 1.54) is 11.2 Å². The Bertz CT molecular complexity index is 945. The van der Waals surface area contributed by atoms with Gasteiger partial charge in [0.2, 0.25) is 5.91 Å². The van der Waals surface area contributed by atoms with Crippen molar-refractivity contribution in [2.75, 3.05) is 33.3 Å². The van der Waals surface area contributed by atoms with Gasteiger partial charge in [0, 0.05) is 32.7 Å². The summed E-state index contributed by atoms with van der Waals surface area (Å²) < 4.78 is 36.1. The molecule has 3 aliphatic rings. The number of urea groups is 1. The van der Waals surface area contributed by atoms with Crippen molar-refractivity contribution in [1.82, 2.24) is 35.9 Å². The van der Waals surface area contributed by atoms with Gasteiger partial charge in [-0.3, -0.25) is 29.3 Å². The van der Waals surface area contributed by atoms with Gasteiger partial charge in [-0.15, -0.1) is 4.28 Å². The van der Waals surface area contributed by atoms with Crippen molar-refractivity contribution in [1.29, 1.82) is 0 Å². The number of aromatic nitrogens is 2. The van der Waals surface area contributed by atoms with Gasteiger partial charge in [-0.05, 0) is 0 Å². The monoisotopic (exact) mass is 460 g/mol. The molecule has 2 fully saturated rings. The van der Waals surface area contributed by atoms with Gasteiger partial charge < -0.3 is 15.5 Å². The zero-order valence-electron chi connectivity index (χ0n) is 16.9. The molecule has 3 aliphatic heterocycles. The minimum atomic E-state index is -4.72. The lowest BCUT2D eigenvalue weighted by Gasteiger charge is -2.27. The number of hydroxylamine groups is 3. The first kappa shape index (κ1) is 22.9. The summed E-state index contributed by atoms with van der Waals surface area (Å²) in [6.45, 7) is 2.34. The Balaban J connectivity index is 0.000000187. The summed E-state index contributed by atoms with van der Waals surface area (Å²) in [6, 6.07) is -0.901. The van der Waals surface area contributed by atoms with Gasteiger partial charge in [0.25, 0.3) is 0 Å². The van der Waals surface area contributed by atoms with Crippen LogP contribution in [0, 0.1) is 0 Å². The van der Waals surface area contributed by atoms with Crippen LogP contribution in [0.4, 0.5) is 4.79 Å². The van der Waals surface area contributed by atoms with Crippen LogP contribution in [0.15, 0.2) is 11.2 Å². The molecule has 0 aliphatic carbocycles. The van der Waals surface area contributed by atoms with Crippen LogP contribution in [0.5, 0.6) is 0 Å². The highest BCUT2D eigenvalue weighted by atomic mass is 32.3. The van der Waals surface area contributed by atoms with E-state index in [2.05, 4.69) is 30.5 Å². The third-order valence-corrected chi connectivity index (χ3v) is 5.07. The number of amides is 3. The molecule has 1 aromatic rings. The molecule has 2 bridgehead atoms. The summed E-state index contributed by atoms with van der Waals surface area (Å²) in [6.07, 6.45) is 2.94. The van der Waals surface area contributed by atoms with Crippen molar-refractivity contribution in [3.8, 4) is 0 Å². The molecule has 2 saturated heterocycles. The minimum absolute atomic E-state index is 0.00250. The van der Waals surface area contributed by atoms with E-state index >= 15 is 0 Å².